The first-order valence-electron chi connectivity index (χ1n) is 24.6. The minimum atomic E-state index is -0.520. The molecular formula is C58H56N4O12. The number of aromatic hydroxyl groups is 2. The van der Waals surface area contributed by atoms with Crippen LogP contribution in [0.25, 0.3) is 0 Å². The SMILES string of the molecule is CC(C)(C)c1cc2c(OCCCN3C(=O)c4ccccc4C3=O)c(c1)Cc1cc([N+](=O)[O-])cc(c1O)Cc1cc(C(C)(C)C)cc(c1OCCCN1C(=O)c3ccccc3C1=O)Cc1cc([N+](=O)[O-])cc(c1O)C2. The number of ether oxygens (including phenoxy) is 2. The monoisotopic (exact) mass is 1000 g/mol. The molecule has 2 N–H and O–H groups in total. The highest BCUT2D eigenvalue weighted by atomic mass is 16.6. The second-order valence-corrected chi connectivity index (χ2v) is 21.2. The molecular weight excluding hydrogens is 945 g/mol. The number of hydrogen-bond donors (Lipinski definition) is 2. The number of imide groups is 2. The van der Waals surface area contributed by atoms with Crippen molar-refractivity contribution in [1.82, 2.24) is 9.80 Å². The van der Waals surface area contributed by atoms with Crippen molar-refractivity contribution in [3.05, 3.63) is 195 Å². The molecule has 16 nitrogen and oxygen atoms in total. The van der Waals surface area contributed by atoms with E-state index in [0.29, 0.717) is 56.0 Å². The molecule has 3 aliphatic rings. The maximum absolute atomic E-state index is 13.2. The van der Waals surface area contributed by atoms with E-state index in [9.17, 15) is 49.6 Å². The van der Waals surface area contributed by atoms with E-state index in [0.717, 1.165) is 11.1 Å². The summed E-state index contributed by atoms with van der Waals surface area (Å²) in [6.45, 7) is 12.1. The standard InChI is InChI=1S/C58H56N4O12/c1-57(2,3)41-25-37-21-33-29-43(61(69)70)31-35(49(33)63)23-39-27-42(58(4,5)6)28-40(52(39)74-20-12-18-60-55(67)47-15-9-10-16-48(47)56(60)68)24-36-32-44(62(71)72)30-34(50(36)64)22-38(26-41)51(37)73-19-11-17-59-53(65)45-13-7-8-14-46(45)54(59)66/h7-10,13-16,25-32,63-64H,11-12,17-24H2,1-6H3. The zero-order valence-corrected chi connectivity index (χ0v) is 42.1. The van der Waals surface area contributed by atoms with E-state index in [-0.39, 0.29) is 110 Å². The van der Waals surface area contributed by atoms with Crippen molar-refractivity contribution < 1.29 is 48.7 Å². The topological polar surface area (TPSA) is 220 Å². The Hall–Kier alpha value is -8.40. The van der Waals surface area contributed by atoms with Gasteiger partial charge in [-0.1, -0.05) is 90.1 Å². The number of phenols is 2. The Morgan fingerprint density at radius 1 is 0.473 bits per heavy atom. The third-order valence-corrected chi connectivity index (χ3v) is 14.0. The number of carbonyl (C=O) groups is 4. The van der Waals surface area contributed by atoms with Gasteiger partial charge in [0.25, 0.3) is 35.0 Å². The number of non-ortho nitro benzene ring substituents is 2. The highest BCUT2D eigenvalue weighted by molar-refractivity contribution is 6.22. The normalized spacial score (nSPS) is 14.3. The number of carbonyl (C=O) groups excluding carboxylic acids is 4. The lowest BCUT2D eigenvalue weighted by Gasteiger charge is -2.26. The number of nitro groups is 2. The molecule has 0 radical (unpaired) electrons. The van der Waals surface area contributed by atoms with Gasteiger partial charge in [0.1, 0.15) is 23.0 Å². The van der Waals surface area contributed by atoms with E-state index in [4.69, 9.17) is 9.47 Å². The number of nitrogens with zero attached hydrogens (tertiary/aromatic N) is 4. The van der Waals surface area contributed by atoms with E-state index in [1.807, 2.05) is 65.8 Å². The van der Waals surface area contributed by atoms with Gasteiger partial charge in [-0.15, -0.1) is 0 Å². The third kappa shape index (κ3) is 9.78. The maximum atomic E-state index is 13.2. The van der Waals surface area contributed by atoms with Crippen LogP contribution >= 0.6 is 0 Å². The minimum absolute atomic E-state index is 0.00750. The van der Waals surface area contributed by atoms with Gasteiger partial charge in [-0.25, -0.2) is 0 Å². The van der Waals surface area contributed by atoms with E-state index in [1.54, 1.807) is 48.5 Å². The molecule has 0 saturated heterocycles. The number of phenolic OH excluding ortho intramolecular Hbond substituents is 2. The van der Waals surface area contributed by atoms with Crippen LogP contribution in [0.5, 0.6) is 23.0 Å². The van der Waals surface area contributed by atoms with Crippen molar-refractivity contribution in [3.8, 4) is 23.0 Å². The third-order valence-electron chi connectivity index (χ3n) is 14.0. The van der Waals surface area contributed by atoms with Crippen molar-refractivity contribution in [3.63, 3.8) is 0 Å². The molecule has 9 rings (SSSR count). The summed E-state index contributed by atoms with van der Waals surface area (Å²) in [4.78, 5) is 79.8. The van der Waals surface area contributed by atoms with Gasteiger partial charge in [0.15, 0.2) is 0 Å². The summed E-state index contributed by atoms with van der Waals surface area (Å²) in [5.74, 6) is -1.43. The number of amides is 4. The van der Waals surface area contributed by atoms with Gasteiger partial charge < -0.3 is 19.7 Å². The lowest BCUT2D eigenvalue weighted by atomic mass is 9.81. The van der Waals surface area contributed by atoms with Crippen LogP contribution in [-0.2, 0) is 36.5 Å². The Morgan fingerprint density at radius 2 is 0.743 bits per heavy atom. The molecule has 0 unspecified atom stereocenters. The van der Waals surface area contributed by atoms with Gasteiger partial charge in [0, 0.05) is 85.3 Å². The largest absolute Gasteiger partial charge is 0.507 e. The summed E-state index contributed by atoms with van der Waals surface area (Å²) in [5.41, 5.74) is 4.29. The fourth-order valence-electron chi connectivity index (χ4n) is 10.0. The predicted octanol–water partition coefficient (Wildman–Crippen LogP) is 10.3. The average Bonchev–Trinajstić information content (AvgIpc) is 3.73. The first kappa shape index (κ1) is 50.5. The highest BCUT2D eigenvalue weighted by Gasteiger charge is 2.36. The average molecular weight is 1000 g/mol. The van der Waals surface area contributed by atoms with E-state index in [2.05, 4.69) is 0 Å². The molecule has 0 atom stereocenters. The number of rotatable bonds is 12. The summed E-state index contributed by atoms with van der Waals surface area (Å²) in [5, 5.41) is 50.3. The molecule has 0 fully saturated rings. The molecule has 6 aromatic carbocycles. The molecule has 16 heteroatoms. The van der Waals surface area contributed by atoms with Gasteiger partial charge in [0.05, 0.1) is 45.3 Å². The van der Waals surface area contributed by atoms with Gasteiger partial charge in [-0.3, -0.25) is 49.2 Å². The predicted molar refractivity (Wildman–Crippen MR) is 275 cm³/mol. The van der Waals surface area contributed by atoms with Gasteiger partial charge >= 0.3 is 0 Å². The van der Waals surface area contributed by atoms with Crippen molar-refractivity contribution in [2.45, 2.75) is 90.9 Å². The Labute approximate surface area is 427 Å². The molecule has 0 saturated carbocycles. The number of fused-ring (bicyclic) bond motifs is 10. The van der Waals surface area contributed by atoms with Crippen LogP contribution in [0.4, 0.5) is 11.4 Å². The maximum Gasteiger partial charge on any atom is 0.270 e. The molecule has 0 spiro atoms. The molecule has 1 aliphatic carbocycles. The molecule has 2 aliphatic heterocycles. The summed E-state index contributed by atoms with van der Waals surface area (Å²) in [6.07, 6.45) is 0.117. The molecule has 6 aromatic rings. The second-order valence-electron chi connectivity index (χ2n) is 21.2. The number of nitro benzene ring substituents is 2. The Kier molecular flexibility index (Phi) is 13.4. The van der Waals surface area contributed by atoms with Crippen LogP contribution in [0.1, 0.15) is 151 Å². The van der Waals surface area contributed by atoms with Crippen molar-refractivity contribution in [1.29, 1.82) is 0 Å². The first-order chi connectivity index (χ1) is 35.1. The van der Waals surface area contributed by atoms with Crippen molar-refractivity contribution in [2.75, 3.05) is 26.3 Å². The Balaban J connectivity index is 1.16. The fourth-order valence-corrected chi connectivity index (χ4v) is 10.0. The van der Waals surface area contributed by atoms with Crippen molar-refractivity contribution >= 4 is 35.0 Å². The van der Waals surface area contributed by atoms with Gasteiger partial charge in [-0.05, 0) is 81.3 Å². The lowest BCUT2D eigenvalue weighted by molar-refractivity contribution is -0.385. The van der Waals surface area contributed by atoms with Crippen LogP contribution in [0.2, 0.25) is 0 Å². The van der Waals surface area contributed by atoms with E-state index >= 15 is 0 Å². The Bertz CT molecular complexity index is 2960. The molecule has 0 aromatic heterocycles. The minimum Gasteiger partial charge on any atom is -0.507 e. The summed E-state index contributed by atoms with van der Waals surface area (Å²) >= 11 is 0. The molecule has 4 amide bonds. The fraction of sp³-hybridized carbons (Fsp3) is 0.310. The van der Waals surface area contributed by atoms with Gasteiger partial charge in [-0.2, -0.15) is 0 Å². The lowest BCUT2D eigenvalue weighted by Crippen LogP contribution is -2.31. The first-order valence-corrected chi connectivity index (χ1v) is 24.6. The molecule has 74 heavy (non-hydrogen) atoms. The molecule has 8 bridgehead atoms. The Morgan fingerprint density at radius 3 is 0.986 bits per heavy atom. The van der Waals surface area contributed by atoms with Crippen LogP contribution < -0.4 is 9.47 Å². The summed E-state index contributed by atoms with van der Waals surface area (Å²) in [6, 6.07) is 26.1. The number of hydrogen-bond acceptors (Lipinski definition) is 12. The van der Waals surface area contributed by atoms with Crippen molar-refractivity contribution in [2.24, 2.45) is 0 Å². The summed E-state index contributed by atoms with van der Waals surface area (Å²) < 4.78 is 13.3. The molecule has 2 heterocycles. The summed E-state index contributed by atoms with van der Waals surface area (Å²) in [7, 11) is 0. The quantitative estimate of drug-likeness (QED) is 0.0505. The van der Waals surface area contributed by atoms with Crippen LogP contribution in [0.3, 0.4) is 0 Å². The van der Waals surface area contributed by atoms with Crippen LogP contribution in [0, 0.1) is 20.2 Å². The zero-order valence-electron chi connectivity index (χ0n) is 42.1. The van der Waals surface area contributed by atoms with E-state index in [1.165, 1.54) is 34.1 Å². The van der Waals surface area contributed by atoms with Crippen LogP contribution in [-0.4, -0.2) is 79.8 Å². The molecule has 380 valence electrons. The number of benzene rings is 6. The van der Waals surface area contributed by atoms with Gasteiger partial charge in [0.2, 0.25) is 0 Å². The van der Waals surface area contributed by atoms with Crippen LogP contribution in [0.15, 0.2) is 97.1 Å². The van der Waals surface area contributed by atoms with E-state index < -0.39 is 44.3 Å². The zero-order chi connectivity index (χ0) is 53.0. The smallest absolute Gasteiger partial charge is 0.270 e. The highest BCUT2D eigenvalue weighted by Crippen LogP contribution is 2.43. The second kappa shape index (κ2) is 19.6.